The zero-order valence-electron chi connectivity index (χ0n) is 13.7. The Kier molecular flexibility index (Phi) is 4.47. The average Bonchev–Trinajstić information content (AvgIpc) is 3.15. The summed E-state index contributed by atoms with van der Waals surface area (Å²) in [5.41, 5.74) is 2.72. The number of nitrogens with one attached hydrogen (secondary N) is 1. The predicted octanol–water partition coefficient (Wildman–Crippen LogP) is 2.12. The van der Waals surface area contributed by atoms with Gasteiger partial charge in [0.15, 0.2) is 0 Å². The summed E-state index contributed by atoms with van der Waals surface area (Å²) >= 11 is 0. The molecule has 0 aliphatic carbocycles. The standard InChI is InChI=1S/C16H22N4O3/c1-10(2)6-12-7-14(23-19-12)16(21)20-4-5-22-9-13(20)15-11(3)8-17-18-15/h7-8,10,13H,4-6,9H2,1-3H3,(H,17,18)/t13-/m1/s1. The molecular formula is C16H22N4O3. The largest absolute Gasteiger partial charge is 0.377 e. The number of carbonyl (C=O) groups is 1. The first-order valence-electron chi connectivity index (χ1n) is 7.90. The maximum absolute atomic E-state index is 12.8. The number of morpholine rings is 1. The van der Waals surface area contributed by atoms with Crippen molar-refractivity contribution in [3.8, 4) is 0 Å². The highest BCUT2D eigenvalue weighted by atomic mass is 16.5. The molecule has 1 amide bonds. The third-order valence-electron chi connectivity index (χ3n) is 3.98. The Bertz CT molecular complexity index is 676. The first kappa shape index (κ1) is 15.7. The lowest BCUT2D eigenvalue weighted by atomic mass is 10.1. The lowest BCUT2D eigenvalue weighted by Gasteiger charge is -2.34. The minimum atomic E-state index is -0.183. The molecule has 0 radical (unpaired) electrons. The molecule has 0 unspecified atom stereocenters. The number of carbonyl (C=O) groups excluding carboxylic acids is 1. The first-order chi connectivity index (χ1) is 11.1. The van der Waals surface area contributed by atoms with E-state index >= 15 is 0 Å². The maximum atomic E-state index is 12.8. The van der Waals surface area contributed by atoms with Gasteiger partial charge in [0.2, 0.25) is 5.76 Å². The van der Waals surface area contributed by atoms with Crippen molar-refractivity contribution in [1.82, 2.24) is 20.3 Å². The predicted molar refractivity (Wildman–Crippen MR) is 83.0 cm³/mol. The van der Waals surface area contributed by atoms with Crippen molar-refractivity contribution >= 4 is 5.91 Å². The lowest BCUT2D eigenvalue weighted by Crippen LogP contribution is -2.43. The summed E-state index contributed by atoms with van der Waals surface area (Å²) in [7, 11) is 0. The van der Waals surface area contributed by atoms with Crippen molar-refractivity contribution in [2.24, 2.45) is 5.92 Å². The third kappa shape index (κ3) is 3.29. The molecule has 0 saturated carbocycles. The normalized spacial score (nSPS) is 18.6. The Balaban J connectivity index is 1.81. The fraction of sp³-hybridized carbons (Fsp3) is 0.562. The number of hydrogen-bond acceptors (Lipinski definition) is 5. The van der Waals surface area contributed by atoms with Gasteiger partial charge in [-0.25, -0.2) is 0 Å². The van der Waals surface area contributed by atoms with Crippen LogP contribution in [-0.2, 0) is 11.2 Å². The Hall–Kier alpha value is -2.15. The summed E-state index contributed by atoms with van der Waals surface area (Å²) in [6, 6.07) is 1.56. The van der Waals surface area contributed by atoms with Crippen molar-refractivity contribution in [3.63, 3.8) is 0 Å². The minimum absolute atomic E-state index is 0.158. The van der Waals surface area contributed by atoms with E-state index in [1.807, 2.05) is 6.92 Å². The zero-order chi connectivity index (χ0) is 16.4. The molecule has 1 atom stereocenters. The molecule has 7 nitrogen and oxygen atoms in total. The van der Waals surface area contributed by atoms with Crippen LogP contribution in [-0.4, -0.2) is 45.9 Å². The maximum Gasteiger partial charge on any atom is 0.293 e. The Morgan fingerprint density at radius 3 is 3.04 bits per heavy atom. The van der Waals surface area contributed by atoms with E-state index in [9.17, 15) is 4.79 Å². The monoisotopic (exact) mass is 318 g/mol. The van der Waals surface area contributed by atoms with E-state index in [2.05, 4.69) is 29.2 Å². The van der Waals surface area contributed by atoms with E-state index in [1.54, 1.807) is 17.2 Å². The number of rotatable bonds is 4. The van der Waals surface area contributed by atoms with Crippen LogP contribution in [0.4, 0.5) is 0 Å². The van der Waals surface area contributed by atoms with Gasteiger partial charge in [-0.2, -0.15) is 5.10 Å². The summed E-state index contributed by atoms with van der Waals surface area (Å²) in [4.78, 5) is 14.6. The van der Waals surface area contributed by atoms with Gasteiger partial charge in [0.05, 0.1) is 36.8 Å². The molecule has 1 aliphatic heterocycles. The van der Waals surface area contributed by atoms with Gasteiger partial charge in [0.1, 0.15) is 0 Å². The van der Waals surface area contributed by atoms with Crippen molar-refractivity contribution < 1.29 is 14.1 Å². The van der Waals surface area contributed by atoms with Crippen molar-refractivity contribution in [2.45, 2.75) is 33.2 Å². The number of hydrogen-bond donors (Lipinski definition) is 1. The average molecular weight is 318 g/mol. The van der Waals surface area contributed by atoms with E-state index in [0.717, 1.165) is 23.4 Å². The molecule has 1 fully saturated rings. The van der Waals surface area contributed by atoms with Crippen molar-refractivity contribution in [3.05, 3.63) is 35.0 Å². The van der Waals surface area contributed by atoms with E-state index in [0.29, 0.717) is 25.7 Å². The number of ether oxygens (including phenoxy) is 1. The second kappa shape index (κ2) is 6.54. The second-order valence-electron chi connectivity index (χ2n) is 6.34. The van der Waals surface area contributed by atoms with Crippen molar-refractivity contribution in [2.75, 3.05) is 19.8 Å². The number of aromatic amines is 1. The van der Waals surface area contributed by atoms with Gasteiger partial charge in [-0.15, -0.1) is 0 Å². The second-order valence-corrected chi connectivity index (χ2v) is 6.34. The molecule has 3 heterocycles. The number of H-pyrrole nitrogens is 1. The number of aryl methyl sites for hydroxylation is 1. The Morgan fingerprint density at radius 2 is 2.35 bits per heavy atom. The molecule has 3 rings (SSSR count). The topological polar surface area (TPSA) is 84.2 Å². The molecule has 1 aliphatic rings. The molecule has 0 bridgehead atoms. The fourth-order valence-electron chi connectivity index (χ4n) is 2.85. The number of nitrogens with zero attached hydrogens (tertiary/aromatic N) is 3. The smallest absolute Gasteiger partial charge is 0.293 e. The summed E-state index contributed by atoms with van der Waals surface area (Å²) in [5.74, 6) is 0.589. The summed E-state index contributed by atoms with van der Waals surface area (Å²) in [5, 5.41) is 11.0. The van der Waals surface area contributed by atoms with Crippen LogP contribution in [0.3, 0.4) is 0 Å². The van der Waals surface area contributed by atoms with Gasteiger partial charge in [0.25, 0.3) is 5.91 Å². The van der Waals surface area contributed by atoms with Gasteiger partial charge in [-0.3, -0.25) is 9.89 Å². The Morgan fingerprint density at radius 1 is 1.52 bits per heavy atom. The van der Waals surface area contributed by atoms with Crippen LogP contribution in [0.1, 0.15) is 47.4 Å². The van der Waals surface area contributed by atoms with Crippen LogP contribution < -0.4 is 0 Å². The summed E-state index contributed by atoms with van der Waals surface area (Å²) in [6.07, 6.45) is 2.55. The van der Waals surface area contributed by atoms with Crippen LogP contribution in [0.2, 0.25) is 0 Å². The molecule has 2 aromatic heterocycles. The SMILES string of the molecule is Cc1cn[nH]c1[C@H]1COCCN1C(=O)c1cc(CC(C)C)no1. The highest BCUT2D eigenvalue weighted by molar-refractivity contribution is 5.91. The Labute approximate surface area is 135 Å². The minimum Gasteiger partial charge on any atom is -0.377 e. The third-order valence-corrected chi connectivity index (χ3v) is 3.98. The molecule has 7 heteroatoms. The van der Waals surface area contributed by atoms with Crippen LogP contribution in [0, 0.1) is 12.8 Å². The molecule has 1 N–H and O–H groups in total. The van der Waals surface area contributed by atoms with Gasteiger partial charge < -0.3 is 14.2 Å². The van der Waals surface area contributed by atoms with Crippen molar-refractivity contribution in [1.29, 1.82) is 0 Å². The van der Waals surface area contributed by atoms with Crippen LogP contribution in [0.15, 0.2) is 16.8 Å². The highest BCUT2D eigenvalue weighted by Gasteiger charge is 2.33. The van der Waals surface area contributed by atoms with Gasteiger partial charge in [-0.05, 0) is 24.8 Å². The van der Waals surface area contributed by atoms with E-state index in [-0.39, 0.29) is 17.7 Å². The molecular weight excluding hydrogens is 296 g/mol. The van der Waals surface area contributed by atoms with Gasteiger partial charge >= 0.3 is 0 Å². The molecule has 2 aromatic rings. The fourth-order valence-corrected chi connectivity index (χ4v) is 2.85. The van der Waals surface area contributed by atoms with Crippen LogP contribution >= 0.6 is 0 Å². The summed E-state index contributed by atoms with van der Waals surface area (Å²) in [6.45, 7) is 7.65. The number of amides is 1. The molecule has 0 aromatic carbocycles. The quantitative estimate of drug-likeness (QED) is 0.933. The van der Waals surface area contributed by atoms with Gasteiger partial charge in [0, 0.05) is 12.6 Å². The summed E-state index contributed by atoms with van der Waals surface area (Å²) < 4.78 is 10.8. The molecule has 124 valence electrons. The molecule has 23 heavy (non-hydrogen) atoms. The van der Waals surface area contributed by atoms with Crippen LogP contribution in [0.5, 0.6) is 0 Å². The number of aromatic nitrogens is 3. The van der Waals surface area contributed by atoms with Crippen LogP contribution in [0.25, 0.3) is 0 Å². The lowest BCUT2D eigenvalue weighted by molar-refractivity contribution is -0.00600. The molecule has 1 saturated heterocycles. The first-order valence-corrected chi connectivity index (χ1v) is 7.90. The highest BCUT2D eigenvalue weighted by Crippen LogP contribution is 2.26. The zero-order valence-corrected chi connectivity index (χ0v) is 13.7. The molecule has 0 spiro atoms. The van der Waals surface area contributed by atoms with Gasteiger partial charge in [-0.1, -0.05) is 19.0 Å². The van der Waals surface area contributed by atoms with E-state index in [1.165, 1.54) is 0 Å². The van der Waals surface area contributed by atoms with E-state index < -0.39 is 0 Å². The van der Waals surface area contributed by atoms with E-state index in [4.69, 9.17) is 9.26 Å².